The molecule has 0 aliphatic rings. The van der Waals surface area contributed by atoms with Crippen LogP contribution in [0.4, 0.5) is 0 Å². The van der Waals surface area contributed by atoms with E-state index in [1.165, 1.54) is 0 Å². The topological polar surface area (TPSA) is 42.1 Å². The molecule has 0 amide bonds. The van der Waals surface area contributed by atoms with Gasteiger partial charge in [-0.1, -0.05) is 27.7 Å². The van der Waals surface area contributed by atoms with Crippen molar-refractivity contribution in [2.75, 3.05) is 6.61 Å². The molecule has 0 saturated carbocycles. The number of benzene rings is 1. The van der Waals surface area contributed by atoms with E-state index < -0.39 is 0 Å². The highest BCUT2D eigenvalue weighted by Gasteiger charge is 2.20. The van der Waals surface area contributed by atoms with E-state index in [1.54, 1.807) is 0 Å². The van der Waals surface area contributed by atoms with Crippen molar-refractivity contribution in [2.45, 2.75) is 40.5 Å². The number of H-pyrrole nitrogens is 1. The second kappa shape index (κ2) is 5.70. The minimum Gasteiger partial charge on any atom is -0.494 e. The summed E-state index contributed by atoms with van der Waals surface area (Å²) in [6.07, 6.45) is 3.32. The number of nitrogens with one attached hydrogen (secondary N) is 1. The van der Waals surface area contributed by atoms with Gasteiger partial charge in [-0.15, -0.1) is 0 Å². The van der Waals surface area contributed by atoms with Crippen LogP contribution in [-0.4, -0.2) is 17.4 Å². The molecule has 20 heavy (non-hydrogen) atoms. The summed E-state index contributed by atoms with van der Waals surface area (Å²) in [6.45, 7) is 9.01. The Hall–Kier alpha value is -1.77. The van der Waals surface area contributed by atoms with Crippen LogP contribution in [-0.2, 0) is 0 Å². The number of ketones is 1. The van der Waals surface area contributed by atoms with E-state index in [0.717, 1.165) is 28.6 Å². The molecule has 0 fully saturated rings. The molecule has 0 saturated heterocycles. The number of rotatable bonds is 5. The van der Waals surface area contributed by atoms with Gasteiger partial charge in [-0.3, -0.25) is 4.79 Å². The van der Waals surface area contributed by atoms with Crippen LogP contribution < -0.4 is 4.74 Å². The molecular formula is C17H23NO2. The molecule has 0 aliphatic heterocycles. The van der Waals surface area contributed by atoms with Gasteiger partial charge in [0.2, 0.25) is 0 Å². The number of hydrogen-bond donors (Lipinski definition) is 1. The molecular weight excluding hydrogens is 250 g/mol. The highest BCUT2D eigenvalue weighted by Crippen LogP contribution is 2.28. The van der Waals surface area contributed by atoms with Gasteiger partial charge in [0.15, 0.2) is 5.78 Å². The zero-order chi connectivity index (χ0) is 14.8. The molecule has 108 valence electrons. The monoisotopic (exact) mass is 273 g/mol. The fourth-order valence-electron chi connectivity index (χ4n) is 2.22. The Labute approximate surface area is 120 Å². The molecule has 0 aliphatic carbocycles. The maximum absolute atomic E-state index is 12.4. The van der Waals surface area contributed by atoms with E-state index >= 15 is 0 Å². The van der Waals surface area contributed by atoms with Gasteiger partial charge in [0.25, 0.3) is 0 Å². The fourth-order valence-corrected chi connectivity index (χ4v) is 2.22. The van der Waals surface area contributed by atoms with Gasteiger partial charge in [-0.25, -0.2) is 0 Å². The van der Waals surface area contributed by atoms with Crippen molar-refractivity contribution in [1.29, 1.82) is 0 Å². The molecule has 1 aromatic carbocycles. The van der Waals surface area contributed by atoms with Crippen LogP contribution in [0.2, 0.25) is 0 Å². The van der Waals surface area contributed by atoms with Gasteiger partial charge in [0.05, 0.1) is 6.61 Å². The third-order valence-electron chi connectivity index (χ3n) is 3.12. The molecule has 0 bridgehead atoms. The van der Waals surface area contributed by atoms with Crippen molar-refractivity contribution >= 4 is 16.7 Å². The molecule has 3 heteroatoms. The maximum atomic E-state index is 12.4. The average molecular weight is 273 g/mol. The highest BCUT2D eigenvalue weighted by atomic mass is 16.5. The third kappa shape index (κ3) is 3.41. The Balaban J connectivity index is 2.31. The summed E-state index contributed by atoms with van der Waals surface area (Å²) in [5.74, 6) is 1.00. The van der Waals surface area contributed by atoms with E-state index in [4.69, 9.17) is 4.74 Å². The van der Waals surface area contributed by atoms with Crippen LogP contribution in [0.3, 0.4) is 0 Å². The van der Waals surface area contributed by atoms with Crippen molar-refractivity contribution < 1.29 is 9.53 Å². The van der Waals surface area contributed by atoms with Crippen molar-refractivity contribution in [1.82, 2.24) is 4.98 Å². The van der Waals surface area contributed by atoms with Crippen molar-refractivity contribution in [3.8, 4) is 5.75 Å². The second-order valence-electron chi connectivity index (χ2n) is 6.42. The van der Waals surface area contributed by atoms with Crippen LogP contribution in [0, 0.1) is 5.41 Å². The molecule has 0 unspecified atom stereocenters. The zero-order valence-electron chi connectivity index (χ0n) is 12.7. The first-order chi connectivity index (χ1) is 9.40. The van der Waals surface area contributed by atoms with E-state index in [0.29, 0.717) is 13.0 Å². The lowest BCUT2D eigenvalue weighted by Gasteiger charge is -2.16. The number of fused-ring (bicyclic) bond motifs is 1. The van der Waals surface area contributed by atoms with Crippen LogP contribution in [0.15, 0.2) is 24.4 Å². The molecule has 0 atom stereocenters. The van der Waals surface area contributed by atoms with Crippen molar-refractivity contribution in [3.05, 3.63) is 30.0 Å². The standard InChI is InChI=1S/C17H23NO2/c1-5-8-20-12-6-7-15-13(9-12)14(11-18-15)16(19)10-17(2,3)4/h6-7,9,11,18H,5,8,10H2,1-4H3. The number of hydrogen-bond acceptors (Lipinski definition) is 2. The Morgan fingerprint density at radius 1 is 1.30 bits per heavy atom. The molecule has 0 spiro atoms. The lowest BCUT2D eigenvalue weighted by molar-refractivity contribution is 0.0941. The Bertz CT molecular complexity index is 605. The van der Waals surface area contributed by atoms with Crippen LogP contribution in [0.5, 0.6) is 5.75 Å². The van der Waals surface area contributed by atoms with Gasteiger partial charge in [0, 0.05) is 29.1 Å². The first kappa shape index (κ1) is 14.6. The second-order valence-corrected chi connectivity index (χ2v) is 6.42. The molecule has 2 aromatic rings. The molecule has 3 nitrogen and oxygen atoms in total. The van der Waals surface area contributed by atoms with E-state index in [9.17, 15) is 4.79 Å². The van der Waals surface area contributed by atoms with Crippen molar-refractivity contribution in [3.63, 3.8) is 0 Å². The summed E-state index contributed by atoms with van der Waals surface area (Å²) in [4.78, 5) is 15.6. The summed E-state index contributed by atoms with van der Waals surface area (Å²) < 4.78 is 5.64. The van der Waals surface area contributed by atoms with E-state index in [1.807, 2.05) is 24.4 Å². The fraction of sp³-hybridized carbons (Fsp3) is 0.471. The van der Waals surface area contributed by atoms with E-state index in [2.05, 4.69) is 32.7 Å². The summed E-state index contributed by atoms with van der Waals surface area (Å²) in [5.41, 5.74) is 1.74. The quantitative estimate of drug-likeness (QED) is 0.810. The van der Waals surface area contributed by atoms with Crippen LogP contribution >= 0.6 is 0 Å². The summed E-state index contributed by atoms with van der Waals surface area (Å²) in [6, 6.07) is 5.86. The first-order valence-electron chi connectivity index (χ1n) is 7.18. The van der Waals surface area contributed by atoms with E-state index in [-0.39, 0.29) is 11.2 Å². The average Bonchev–Trinajstić information content (AvgIpc) is 2.77. The largest absolute Gasteiger partial charge is 0.494 e. The number of Topliss-reactive ketones (excluding diaryl/α,β-unsaturated/α-hetero) is 1. The predicted molar refractivity (Wildman–Crippen MR) is 82.5 cm³/mol. The zero-order valence-corrected chi connectivity index (χ0v) is 12.7. The molecule has 1 aromatic heterocycles. The predicted octanol–water partition coefficient (Wildman–Crippen LogP) is 4.58. The highest BCUT2D eigenvalue weighted by molar-refractivity contribution is 6.08. The number of carbonyl (C=O) groups is 1. The third-order valence-corrected chi connectivity index (χ3v) is 3.12. The Morgan fingerprint density at radius 2 is 2.05 bits per heavy atom. The molecule has 1 N–H and O–H groups in total. The summed E-state index contributed by atoms with van der Waals surface area (Å²) >= 11 is 0. The lowest BCUT2D eigenvalue weighted by Crippen LogP contribution is -2.12. The van der Waals surface area contributed by atoms with Gasteiger partial charge in [-0.2, -0.15) is 0 Å². The maximum Gasteiger partial charge on any atom is 0.165 e. The smallest absolute Gasteiger partial charge is 0.165 e. The normalized spacial score (nSPS) is 11.8. The molecule has 1 heterocycles. The Kier molecular flexibility index (Phi) is 4.17. The number of carbonyl (C=O) groups excluding carboxylic acids is 1. The first-order valence-corrected chi connectivity index (χ1v) is 7.18. The van der Waals surface area contributed by atoms with Crippen molar-refractivity contribution in [2.24, 2.45) is 5.41 Å². The van der Waals surface area contributed by atoms with Gasteiger partial charge in [0.1, 0.15) is 5.75 Å². The molecule has 2 rings (SSSR count). The number of ether oxygens (including phenoxy) is 1. The number of aromatic nitrogens is 1. The Morgan fingerprint density at radius 3 is 2.70 bits per heavy atom. The summed E-state index contributed by atoms with van der Waals surface area (Å²) in [7, 11) is 0. The van der Waals surface area contributed by atoms with Crippen LogP contribution in [0.25, 0.3) is 10.9 Å². The van der Waals surface area contributed by atoms with Crippen LogP contribution in [0.1, 0.15) is 50.9 Å². The van der Waals surface area contributed by atoms with Gasteiger partial charge in [-0.05, 0) is 30.0 Å². The summed E-state index contributed by atoms with van der Waals surface area (Å²) in [5, 5.41) is 0.952. The molecule has 0 radical (unpaired) electrons. The minimum absolute atomic E-state index is 0.00298. The number of aromatic amines is 1. The lowest BCUT2D eigenvalue weighted by atomic mass is 9.88. The SMILES string of the molecule is CCCOc1ccc2[nH]cc(C(=O)CC(C)(C)C)c2c1. The van der Waals surface area contributed by atoms with Gasteiger partial charge < -0.3 is 9.72 Å². The minimum atomic E-state index is -0.00298. The van der Waals surface area contributed by atoms with Gasteiger partial charge >= 0.3 is 0 Å².